The predicted octanol–water partition coefficient (Wildman–Crippen LogP) is 2.56. The second kappa shape index (κ2) is 6.48. The van der Waals surface area contributed by atoms with Gasteiger partial charge in [0.05, 0.1) is 5.69 Å². The fraction of sp³-hybridized carbons (Fsp3) is 0.375. The molecule has 0 atom stereocenters. The van der Waals surface area contributed by atoms with Crippen molar-refractivity contribution in [2.45, 2.75) is 12.8 Å². The molecule has 0 saturated carbocycles. The van der Waals surface area contributed by atoms with Crippen LogP contribution in [0.2, 0.25) is 0 Å². The highest BCUT2D eigenvalue weighted by Crippen LogP contribution is 2.21. The first-order valence-corrected chi connectivity index (χ1v) is 7.22. The van der Waals surface area contributed by atoms with Gasteiger partial charge in [0.2, 0.25) is 0 Å². The molecule has 1 aliphatic rings. The first kappa shape index (κ1) is 13.1. The van der Waals surface area contributed by atoms with Crippen molar-refractivity contribution in [3.63, 3.8) is 0 Å². The second-order valence-corrected chi connectivity index (χ2v) is 5.27. The maximum absolute atomic E-state index is 4.33. The Morgan fingerprint density at radius 3 is 2.65 bits per heavy atom. The SMILES string of the molecule is c1cc(-c2cncc(NCC3CCNCC3)c2)ccn1. The van der Waals surface area contributed by atoms with Crippen LogP contribution in [0.5, 0.6) is 0 Å². The van der Waals surface area contributed by atoms with Crippen LogP contribution in [-0.4, -0.2) is 29.6 Å². The summed E-state index contributed by atoms with van der Waals surface area (Å²) in [6.45, 7) is 3.31. The molecule has 4 heteroatoms. The molecule has 1 fully saturated rings. The Balaban J connectivity index is 1.65. The van der Waals surface area contributed by atoms with E-state index in [-0.39, 0.29) is 0 Å². The van der Waals surface area contributed by atoms with Gasteiger partial charge in [-0.05, 0) is 55.6 Å². The lowest BCUT2D eigenvalue weighted by atomic mass is 9.98. The van der Waals surface area contributed by atoms with Gasteiger partial charge in [0.15, 0.2) is 0 Å². The average Bonchev–Trinajstić information content (AvgIpc) is 2.55. The van der Waals surface area contributed by atoms with Gasteiger partial charge < -0.3 is 10.6 Å². The first-order valence-electron chi connectivity index (χ1n) is 7.22. The largest absolute Gasteiger partial charge is 0.384 e. The third-order valence-corrected chi connectivity index (χ3v) is 3.81. The summed E-state index contributed by atoms with van der Waals surface area (Å²) in [7, 11) is 0. The molecule has 0 aliphatic carbocycles. The number of aromatic nitrogens is 2. The second-order valence-electron chi connectivity index (χ2n) is 5.27. The number of hydrogen-bond acceptors (Lipinski definition) is 4. The third-order valence-electron chi connectivity index (χ3n) is 3.81. The van der Waals surface area contributed by atoms with E-state index in [0.717, 1.165) is 42.4 Å². The van der Waals surface area contributed by atoms with Gasteiger partial charge in [-0.15, -0.1) is 0 Å². The van der Waals surface area contributed by atoms with Crippen LogP contribution < -0.4 is 10.6 Å². The van der Waals surface area contributed by atoms with Crippen molar-refractivity contribution >= 4 is 5.69 Å². The third kappa shape index (κ3) is 3.33. The minimum absolute atomic E-state index is 0.765. The molecule has 20 heavy (non-hydrogen) atoms. The minimum atomic E-state index is 0.765. The predicted molar refractivity (Wildman–Crippen MR) is 81.6 cm³/mol. The highest BCUT2D eigenvalue weighted by Gasteiger charge is 2.12. The quantitative estimate of drug-likeness (QED) is 0.894. The van der Waals surface area contributed by atoms with Crippen molar-refractivity contribution in [3.8, 4) is 11.1 Å². The summed E-state index contributed by atoms with van der Waals surface area (Å²) in [6, 6.07) is 6.17. The Hall–Kier alpha value is -1.94. The monoisotopic (exact) mass is 268 g/mol. The van der Waals surface area contributed by atoms with Gasteiger partial charge in [0, 0.05) is 36.9 Å². The van der Waals surface area contributed by atoms with Crippen LogP contribution in [-0.2, 0) is 0 Å². The molecule has 3 rings (SSSR count). The summed E-state index contributed by atoms with van der Waals surface area (Å²) in [5, 5.41) is 6.92. The molecule has 2 N–H and O–H groups in total. The van der Waals surface area contributed by atoms with Crippen molar-refractivity contribution < 1.29 is 0 Å². The lowest BCUT2D eigenvalue weighted by Gasteiger charge is -2.23. The topological polar surface area (TPSA) is 49.8 Å². The average molecular weight is 268 g/mol. The van der Waals surface area contributed by atoms with E-state index in [2.05, 4.69) is 26.7 Å². The van der Waals surface area contributed by atoms with E-state index in [1.807, 2.05) is 36.9 Å². The Labute approximate surface area is 119 Å². The van der Waals surface area contributed by atoms with E-state index >= 15 is 0 Å². The number of hydrogen-bond donors (Lipinski definition) is 2. The molecule has 1 aliphatic heterocycles. The smallest absolute Gasteiger partial charge is 0.0533 e. The van der Waals surface area contributed by atoms with Crippen LogP contribution in [0.1, 0.15) is 12.8 Å². The summed E-state index contributed by atoms with van der Waals surface area (Å²) in [6.07, 6.45) is 9.92. The van der Waals surface area contributed by atoms with Crippen molar-refractivity contribution in [1.29, 1.82) is 0 Å². The standard InChI is InChI=1S/C16H20N4/c1-5-17-6-2-13(1)10-20-16-9-15(11-19-12-16)14-3-7-18-8-4-14/h3-4,7-9,11-13,17,20H,1-2,5-6,10H2. The maximum atomic E-state index is 4.33. The Bertz CT molecular complexity index is 535. The van der Waals surface area contributed by atoms with E-state index in [4.69, 9.17) is 0 Å². The number of anilines is 1. The summed E-state index contributed by atoms with van der Waals surface area (Å²) >= 11 is 0. The van der Waals surface area contributed by atoms with Gasteiger partial charge in [0.25, 0.3) is 0 Å². The number of rotatable bonds is 4. The molecule has 4 nitrogen and oxygen atoms in total. The van der Waals surface area contributed by atoms with Crippen LogP contribution >= 0.6 is 0 Å². The van der Waals surface area contributed by atoms with Gasteiger partial charge in [-0.2, -0.15) is 0 Å². The van der Waals surface area contributed by atoms with Crippen LogP contribution in [0.25, 0.3) is 11.1 Å². The molecule has 1 saturated heterocycles. The summed E-state index contributed by atoms with van der Waals surface area (Å²) in [5.74, 6) is 0.765. The van der Waals surface area contributed by atoms with Gasteiger partial charge >= 0.3 is 0 Å². The number of pyridine rings is 2. The number of nitrogens with zero attached hydrogens (tertiary/aromatic N) is 2. The lowest BCUT2D eigenvalue weighted by Crippen LogP contribution is -2.31. The van der Waals surface area contributed by atoms with E-state index in [1.54, 1.807) is 0 Å². The van der Waals surface area contributed by atoms with Crippen molar-refractivity contribution in [3.05, 3.63) is 43.0 Å². The fourth-order valence-corrected chi connectivity index (χ4v) is 2.59. The van der Waals surface area contributed by atoms with Crippen molar-refractivity contribution in [1.82, 2.24) is 15.3 Å². The van der Waals surface area contributed by atoms with E-state index in [9.17, 15) is 0 Å². The Morgan fingerprint density at radius 1 is 1.05 bits per heavy atom. The van der Waals surface area contributed by atoms with E-state index in [1.165, 1.54) is 12.8 Å². The summed E-state index contributed by atoms with van der Waals surface area (Å²) in [5.41, 5.74) is 3.37. The van der Waals surface area contributed by atoms with Gasteiger partial charge in [0.1, 0.15) is 0 Å². The van der Waals surface area contributed by atoms with E-state index < -0.39 is 0 Å². The zero-order chi connectivity index (χ0) is 13.6. The number of piperidine rings is 1. The lowest BCUT2D eigenvalue weighted by molar-refractivity contribution is 0.390. The molecule has 0 aromatic carbocycles. The molecular weight excluding hydrogens is 248 g/mol. The van der Waals surface area contributed by atoms with Crippen LogP contribution in [0, 0.1) is 5.92 Å². The molecule has 2 aromatic heterocycles. The zero-order valence-corrected chi connectivity index (χ0v) is 11.5. The fourth-order valence-electron chi connectivity index (χ4n) is 2.59. The number of nitrogens with one attached hydrogen (secondary N) is 2. The molecule has 0 unspecified atom stereocenters. The zero-order valence-electron chi connectivity index (χ0n) is 11.5. The van der Waals surface area contributed by atoms with E-state index in [0.29, 0.717) is 0 Å². The van der Waals surface area contributed by atoms with Crippen LogP contribution in [0.3, 0.4) is 0 Å². The molecule has 104 valence electrons. The van der Waals surface area contributed by atoms with Gasteiger partial charge in [-0.25, -0.2) is 0 Å². The Kier molecular flexibility index (Phi) is 4.23. The molecule has 0 bridgehead atoms. The molecule has 0 spiro atoms. The Morgan fingerprint density at radius 2 is 1.85 bits per heavy atom. The maximum Gasteiger partial charge on any atom is 0.0533 e. The molecule has 2 aromatic rings. The first-order chi connectivity index (χ1) is 9.92. The molecule has 0 amide bonds. The van der Waals surface area contributed by atoms with Gasteiger partial charge in [-0.1, -0.05) is 0 Å². The molecular formula is C16H20N4. The van der Waals surface area contributed by atoms with Crippen molar-refractivity contribution in [2.24, 2.45) is 5.92 Å². The normalized spacial score (nSPS) is 16.0. The van der Waals surface area contributed by atoms with Crippen LogP contribution in [0.4, 0.5) is 5.69 Å². The molecule has 0 radical (unpaired) electrons. The summed E-state index contributed by atoms with van der Waals surface area (Å²) < 4.78 is 0. The molecule has 3 heterocycles. The van der Waals surface area contributed by atoms with Crippen LogP contribution in [0.15, 0.2) is 43.0 Å². The summed E-state index contributed by atoms with van der Waals surface area (Å²) in [4.78, 5) is 8.38. The highest BCUT2D eigenvalue weighted by molar-refractivity contribution is 5.66. The van der Waals surface area contributed by atoms with Crippen molar-refractivity contribution in [2.75, 3.05) is 25.0 Å². The minimum Gasteiger partial charge on any atom is -0.384 e. The highest BCUT2D eigenvalue weighted by atomic mass is 14.9. The van der Waals surface area contributed by atoms with Gasteiger partial charge in [-0.3, -0.25) is 9.97 Å².